The van der Waals surface area contributed by atoms with E-state index in [9.17, 15) is 9.18 Å². The average Bonchev–Trinajstić information content (AvgIpc) is 2.26. The SMILES string of the molecule is C=C(C1=CC(=O)CC(C)(C)C1)c1ccccc1F. The number of hydrogen-bond donors (Lipinski definition) is 0. The highest BCUT2D eigenvalue weighted by Gasteiger charge is 2.28. The van der Waals surface area contributed by atoms with Crippen LogP contribution in [0.25, 0.3) is 5.57 Å². The number of ketones is 1. The van der Waals surface area contributed by atoms with Gasteiger partial charge in [0, 0.05) is 12.0 Å². The fourth-order valence-corrected chi connectivity index (χ4v) is 2.42. The molecule has 1 nitrogen and oxygen atoms in total. The van der Waals surface area contributed by atoms with Gasteiger partial charge in [-0.1, -0.05) is 38.6 Å². The number of rotatable bonds is 2. The first-order chi connectivity index (χ1) is 8.39. The van der Waals surface area contributed by atoms with Crippen LogP contribution in [0.1, 0.15) is 32.3 Å². The Morgan fingerprint density at radius 3 is 2.56 bits per heavy atom. The minimum absolute atomic E-state index is 0.0740. The molecule has 0 atom stereocenters. The summed E-state index contributed by atoms with van der Waals surface area (Å²) in [4.78, 5) is 11.7. The molecule has 0 fully saturated rings. The maximum Gasteiger partial charge on any atom is 0.156 e. The molecule has 0 radical (unpaired) electrons. The minimum atomic E-state index is -0.292. The van der Waals surface area contributed by atoms with Crippen molar-refractivity contribution in [2.45, 2.75) is 26.7 Å². The van der Waals surface area contributed by atoms with Gasteiger partial charge in [0.25, 0.3) is 0 Å². The van der Waals surface area contributed by atoms with Crippen LogP contribution in [0.5, 0.6) is 0 Å². The average molecular weight is 244 g/mol. The third-order valence-corrected chi connectivity index (χ3v) is 3.24. The Morgan fingerprint density at radius 1 is 1.28 bits per heavy atom. The van der Waals surface area contributed by atoms with E-state index in [0.29, 0.717) is 17.6 Å². The van der Waals surface area contributed by atoms with Crippen LogP contribution in [0.2, 0.25) is 0 Å². The van der Waals surface area contributed by atoms with Crippen LogP contribution < -0.4 is 0 Å². The van der Waals surface area contributed by atoms with Gasteiger partial charge in [-0.2, -0.15) is 0 Å². The van der Waals surface area contributed by atoms with Crippen LogP contribution in [0.3, 0.4) is 0 Å². The zero-order valence-corrected chi connectivity index (χ0v) is 10.8. The highest BCUT2D eigenvalue weighted by Crippen LogP contribution is 2.39. The summed E-state index contributed by atoms with van der Waals surface area (Å²) in [7, 11) is 0. The molecule has 0 saturated heterocycles. The van der Waals surface area contributed by atoms with E-state index in [4.69, 9.17) is 0 Å². The first kappa shape index (κ1) is 12.7. The van der Waals surface area contributed by atoms with Crippen molar-refractivity contribution in [3.63, 3.8) is 0 Å². The topological polar surface area (TPSA) is 17.1 Å². The fourth-order valence-electron chi connectivity index (χ4n) is 2.42. The van der Waals surface area contributed by atoms with Crippen molar-refractivity contribution in [2.75, 3.05) is 0 Å². The maximum absolute atomic E-state index is 13.7. The van der Waals surface area contributed by atoms with Gasteiger partial charge >= 0.3 is 0 Å². The molecule has 0 spiro atoms. The molecule has 0 amide bonds. The van der Waals surface area contributed by atoms with Crippen molar-refractivity contribution in [1.82, 2.24) is 0 Å². The summed E-state index contributed by atoms with van der Waals surface area (Å²) < 4.78 is 13.7. The number of halogens is 1. The van der Waals surface area contributed by atoms with Crippen LogP contribution in [0.15, 0.2) is 42.5 Å². The summed E-state index contributed by atoms with van der Waals surface area (Å²) in [5.74, 6) is -0.196. The molecular formula is C16H17FO. The monoisotopic (exact) mass is 244 g/mol. The first-order valence-electron chi connectivity index (χ1n) is 6.07. The van der Waals surface area contributed by atoms with Gasteiger partial charge in [-0.25, -0.2) is 4.39 Å². The van der Waals surface area contributed by atoms with Gasteiger partial charge in [0.1, 0.15) is 5.82 Å². The smallest absolute Gasteiger partial charge is 0.156 e. The van der Waals surface area contributed by atoms with Gasteiger partial charge in [-0.15, -0.1) is 0 Å². The number of hydrogen-bond acceptors (Lipinski definition) is 1. The Balaban J connectivity index is 2.36. The molecule has 1 aliphatic rings. The standard InChI is InChI=1S/C16H17FO/c1-11(14-6-4-5-7-15(14)17)12-8-13(18)10-16(2,3)9-12/h4-8H,1,9-10H2,2-3H3. The van der Waals surface area contributed by atoms with Crippen LogP contribution >= 0.6 is 0 Å². The van der Waals surface area contributed by atoms with Crippen LogP contribution in [-0.2, 0) is 4.79 Å². The minimum Gasteiger partial charge on any atom is -0.295 e. The summed E-state index contributed by atoms with van der Waals surface area (Å²) in [6.07, 6.45) is 2.91. The molecule has 18 heavy (non-hydrogen) atoms. The Hall–Kier alpha value is -1.70. The lowest BCUT2D eigenvalue weighted by atomic mass is 9.74. The second-order valence-electron chi connectivity index (χ2n) is 5.61. The van der Waals surface area contributed by atoms with E-state index in [-0.39, 0.29) is 17.0 Å². The molecule has 0 N–H and O–H groups in total. The van der Waals surface area contributed by atoms with Crippen LogP contribution in [0.4, 0.5) is 4.39 Å². The third-order valence-electron chi connectivity index (χ3n) is 3.24. The van der Waals surface area contributed by atoms with Crippen molar-refractivity contribution in [2.24, 2.45) is 5.41 Å². The number of allylic oxidation sites excluding steroid dienone is 3. The van der Waals surface area contributed by atoms with Crippen molar-refractivity contribution in [3.8, 4) is 0 Å². The molecule has 2 heteroatoms. The third kappa shape index (κ3) is 2.58. The van der Waals surface area contributed by atoms with E-state index in [1.807, 2.05) is 13.8 Å². The van der Waals surface area contributed by atoms with Gasteiger partial charge in [0.15, 0.2) is 5.78 Å². The normalized spacial score (nSPS) is 18.4. The predicted molar refractivity (Wildman–Crippen MR) is 71.5 cm³/mol. The van der Waals surface area contributed by atoms with E-state index in [0.717, 1.165) is 12.0 Å². The lowest BCUT2D eigenvalue weighted by molar-refractivity contribution is -0.116. The molecule has 0 aliphatic heterocycles. The quantitative estimate of drug-likeness (QED) is 0.763. The first-order valence-corrected chi connectivity index (χ1v) is 6.07. The Labute approximate surface area is 107 Å². The van der Waals surface area contributed by atoms with E-state index in [1.165, 1.54) is 6.07 Å². The largest absolute Gasteiger partial charge is 0.295 e. The van der Waals surface area contributed by atoms with Crippen molar-refractivity contribution >= 4 is 11.4 Å². The molecule has 0 saturated carbocycles. The number of carbonyl (C=O) groups excluding carboxylic acids is 1. The highest BCUT2D eigenvalue weighted by molar-refractivity contribution is 5.96. The molecule has 1 aromatic carbocycles. The van der Waals surface area contributed by atoms with Gasteiger partial charge in [0.05, 0.1) is 0 Å². The van der Waals surface area contributed by atoms with Gasteiger partial charge < -0.3 is 0 Å². The van der Waals surface area contributed by atoms with E-state index in [1.54, 1.807) is 24.3 Å². The lowest BCUT2D eigenvalue weighted by Crippen LogP contribution is -2.22. The van der Waals surface area contributed by atoms with E-state index in [2.05, 4.69) is 6.58 Å². The molecule has 94 valence electrons. The van der Waals surface area contributed by atoms with Gasteiger partial charge in [-0.3, -0.25) is 4.79 Å². The number of benzene rings is 1. The molecule has 0 bridgehead atoms. The molecule has 1 aliphatic carbocycles. The van der Waals surface area contributed by atoms with Crippen molar-refractivity contribution in [1.29, 1.82) is 0 Å². The second-order valence-corrected chi connectivity index (χ2v) is 5.61. The van der Waals surface area contributed by atoms with E-state index >= 15 is 0 Å². The number of carbonyl (C=O) groups is 1. The lowest BCUT2D eigenvalue weighted by Gasteiger charge is -2.29. The molecule has 0 aromatic heterocycles. The zero-order chi connectivity index (χ0) is 13.3. The maximum atomic E-state index is 13.7. The summed E-state index contributed by atoms with van der Waals surface area (Å²) in [5, 5.41) is 0. The Bertz CT molecular complexity index is 538. The fraction of sp³-hybridized carbons (Fsp3) is 0.312. The Morgan fingerprint density at radius 2 is 1.94 bits per heavy atom. The predicted octanol–water partition coefficient (Wildman–Crippen LogP) is 4.15. The summed E-state index contributed by atoms with van der Waals surface area (Å²) in [6, 6.07) is 6.54. The molecular weight excluding hydrogens is 227 g/mol. The second kappa shape index (κ2) is 4.52. The van der Waals surface area contributed by atoms with Crippen LogP contribution in [0, 0.1) is 11.2 Å². The summed E-state index contributed by atoms with van der Waals surface area (Å²) >= 11 is 0. The van der Waals surface area contributed by atoms with Crippen LogP contribution in [-0.4, -0.2) is 5.78 Å². The van der Waals surface area contributed by atoms with Gasteiger partial charge in [-0.05, 0) is 35.1 Å². The summed E-state index contributed by atoms with van der Waals surface area (Å²) in [5.41, 5.74) is 1.87. The molecule has 0 unspecified atom stereocenters. The zero-order valence-electron chi connectivity index (χ0n) is 10.8. The van der Waals surface area contributed by atoms with E-state index < -0.39 is 0 Å². The van der Waals surface area contributed by atoms with Gasteiger partial charge in [0.2, 0.25) is 0 Å². The molecule has 2 rings (SSSR count). The Kier molecular flexibility index (Phi) is 3.20. The highest BCUT2D eigenvalue weighted by atomic mass is 19.1. The summed E-state index contributed by atoms with van der Waals surface area (Å²) in [6.45, 7) is 8.05. The van der Waals surface area contributed by atoms with Crippen molar-refractivity contribution < 1.29 is 9.18 Å². The molecule has 0 heterocycles. The van der Waals surface area contributed by atoms with Crippen molar-refractivity contribution in [3.05, 3.63) is 53.9 Å². The molecule has 1 aromatic rings.